The Kier molecular flexibility index (Phi) is 9.66. The van der Waals surface area contributed by atoms with Crippen LogP contribution in [0.3, 0.4) is 0 Å². The topological polar surface area (TPSA) is 104 Å². The standard InChI is InChI=1S/C24H28FN7.HI/c1-16-6-7-18(17(2)13-16)15-30-24(28-3)29-12-4-5-22-21(14-26)23(27)32(31-22)20-10-8-19(25)9-11-20;/h6-11,13H,4-5,12,15,27H2,1-3H3,(H2,28,29,30);1H. The van der Waals surface area contributed by atoms with Crippen molar-refractivity contribution in [2.24, 2.45) is 4.99 Å². The summed E-state index contributed by atoms with van der Waals surface area (Å²) in [7, 11) is 1.73. The third kappa shape index (κ3) is 6.68. The highest BCUT2D eigenvalue weighted by atomic mass is 127. The molecule has 9 heteroatoms. The van der Waals surface area contributed by atoms with Gasteiger partial charge in [0.15, 0.2) is 5.96 Å². The van der Waals surface area contributed by atoms with Crippen molar-refractivity contribution >= 4 is 35.8 Å². The van der Waals surface area contributed by atoms with Crippen molar-refractivity contribution in [2.75, 3.05) is 19.3 Å². The van der Waals surface area contributed by atoms with Gasteiger partial charge < -0.3 is 16.4 Å². The maximum atomic E-state index is 13.2. The molecule has 0 unspecified atom stereocenters. The smallest absolute Gasteiger partial charge is 0.191 e. The number of nitriles is 1. The van der Waals surface area contributed by atoms with E-state index in [1.165, 1.54) is 33.5 Å². The highest BCUT2D eigenvalue weighted by Crippen LogP contribution is 2.21. The largest absolute Gasteiger partial charge is 0.382 e. The number of nitrogens with two attached hydrogens (primary N) is 1. The predicted molar refractivity (Wildman–Crippen MR) is 141 cm³/mol. The fourth-order valence-electron chi connectivity index (χ4n) is 3.46. The number of nitrogen functional groups attached to an aromatic ring is 1. The van der Waals surface area contributed by atoms with Gasteiger partial charge in [0, 0.05) is 20.1 Å². The van der Waals surface area contributed by atoms with E-state index in [2.05, 4.69) is 58.8 Å². The van der Waals surface area contributed by atoms with Crippen molar-refractivity contribution in [2.45, 2.75) is 33.2 Å². The van der Waals surface area contributed by atoms with Crippen molar-refractivity contribution in [3.63, 3.8) is 0 Å². The summed E-state index contributed by atoms with van der Waals surface area (Å²) < 4.78 is 14.7. The van der Waals surface area contributed by atoms with Crippen molar-refractivity contribution in [3.8, 4) is 11.8 Å². The molecule has 1 heterocycles. The van der Waals surface area contributed by atoms with E-state index >= 15 is 0 Å². The van der Waals surface area contributed by atoms with Crippen molar-refractivity contribution in [1.29, 1.82) is 5.26 Å². The van der Waals surface area contributed by atoms with Gasteiger partial charge >= 0.3 is 0 Å². The molecule has 1 aromatic heterocycles. The lowest BCUT2D eigenvalue weighted by Crippen LogP contribution is -2.37. The summed E-state index contributed by atoms with van der Waals surface area (Å²) in [6, 6.07) is 14.4. The van der Waals surface area contributed by atoms with Crippen LogP contribution < -0.4 is 16.4 Å². The minimum atomic E-state index is -0.342. The Balaban J connectivity index is 0.00000385. The van der Waals surface area contributed by atoms with E-state index in [1.807, 2.05) is 0 Å². The zero-order chi connectivity index (χ0) is 23.1. The number of nitrogens with one attached hydrogen (secondary N) is 2. The van der Waals surface area contributed by atoms with Gasteiger partial charge in [-0.05, 0) is 62.1 Å². The van der Waals surface area contributed by atoms with E-state index in [9.17, 15) is 9.65 Å². The lowest BCUT2D eigenvalue weighted by molar-refractivity contribution is 0.627. The van der Waals surface area contributed by atoms with Crippen molar-refractivity contribution < 1.29 is 4.39 Å². The number of benzene rings is 2. The number of hydrogen-bond acceptors (Lipinski definition) is 4. The van der Waals surface area contributed by atoms with E-state index in [1.54, 1.807) is 19.2 Å². The number of aliphatic imine (C=N–C) groups is 1. The van der Waals surface area contributed by atoms with Gasteiger partial charge in [0.25, 0.3) is 0 Å². The molecule has 0 atom stereocenters. The van der Waals surface area contributed by atoms with Gasteiger partial charge in [0.1, 0.15) is 23.3 Å². The van der Waals surface area contributed by atoms with E-state index in [4.69, 9.17) is 5.73 Å². The fourth-order valence-corrected chi connectivity index (χ4v) is 3.46. The van der Waals surface area contributed by atoms with Gasteiger partial charge in [-0.3, -0.25) is 4.99 Å². The lowest BCUT2D eigenvalue weighted by atomic mass is 10.1. The van der Waals surface area contributed by atoms with E-state index in [0.29, 0.717) is 42.4 Å². The molecule has 0 saturated carbocycles. The number of aryl methyl sites for hydroxylation is 3. The van der Waals surface area contributed by atoms with Crippen LogP contribution in [0, 0.1) is 31.0 Å². The second-order valence-corrected chi connectivity index (χ2v) is 7.59. The first-order valence-electron chi connectivity index (χ1n) is 10.5. The molecule has 2 aromatic carbocycles. The molecule has 0 spiro atoms. The molecular formula is C24H29FIN7. The zero-order valence-corrected chi connectivity index (χ0v) is 21.4. The third-order valence-electron chi connectivity index (χ3n) is 5.23. The maximum absolute atomic E-state index is 13.2. The SMILES string of the molecule is CN=C(NCCCc1nn(-c2ccc(F)cc2)c(N)c1C#N)NCc1ccc(C)cc1C.I. The fraction of sp³-hybridized carbons (Fsp3) is 0.292. The first kappa shape index (κ1) is 26.1. The normalized spacial score (nSPS) is 10.9. The third-order valence-corrected chi connectivity index (χ3v) is 5.23. The van der Waals surface area contributed by atoms with E-state index in [0.717, 1.165) is 6.42 Å². The summed E-state index contributed by atoms with van der Waals surface area (Å²) in [4.78, 5) is 4.27. The minimum Gasteiger partial charge on any atom is -0.382 e. The summed E-state index contributed by atoms with van der Waals surface area (Å²) in [5, 5.41) is 20.6. The molecule has 3 rings (SSSR count). The summed E-state index contributed by atoms with van der Waals surface area (Å²) in [6.07, 6.45) is 1.31. The second-order valence-electron chi connectivity index (χ2n) is 7.59. The number of nitrogens with zero attached hydrogens (tertiary/aromatic N) is 4. The first-order chi connectivity index (χ1) is 15.4. The van der Waals surface area contributed by atoms with E-state index < -0.39 is 0 Å². The van der Waals surface area contributed by atoms with Gasteiger partial charge in [-0.2, -0.15) is 10.4 Å². The van der Waals surface area contributed by atoms with Crippen LogP contribution in [-0.2, 0) is 13.0 Å². The Morgan fingerprint density at radius 1 is 1.18 bits per heavy atom. The molecule has 4 N–H and O–H groups in total. The summed E-state index contributed by atoms with van der Waals surface area (Å²) >= 11 is 0. The van der Waals surface area contributed by atoms with Gasteiger partial charge in [0.05, 0.1) is 11.4 Å². The molecule has 174 valence electrons. The average Bonchev–Trinajstić information content (AvgIpc) is 3.10. The second kappa shape index (κ2) is 12.2. The molecular weight excluding hydrogens is 532 g/mol. The van der Waals surface area contributed by atoms with Crippen LogP contribution in [0.25, 0.3) is 5.69 Å². The van der Waals surface area contributed by atoms with Gasteiger partial charge in [-0.1, -0.05) is 23.8 Å². The van der Waals surface area contributed by atoms with Gasteiger partial charge in [-0.25, -0.2) is 9.07 Å². The lowest BCUT2D eigenvalue weighted by Gasteiger charge is -2.13. The molecule has 7 nitrogen and oxygen atoms in total. The highest BCUT2D eigenvalue weighted by molar-refractivity contribution is 14.0. The predicted octanol–water partition coefficient (Wildman–Crippen LogP) is 4.00. The van der Waals surface area contributed by atoms with E-state index in [-0.39, 0.29) is 35.6 Å². The Bertz CT molecular complexity index is 1150. The van der Waals surface area contributed by atoms with Gasteiger partial charge in [-0.15, -0.1) is 24.0 Å². The Hall–Kier alpha value is -3.13. The number of aromatic nitrogens is 2. The molecule has 0 aliphatic rings. The number of hydrogen-bond donors (Lipinski definition) is 3. The van der Waals surface area contributed by atoms with Crippen LogP contribution in [0.2, 0.25) is 0 Å². The first-order valence-corrected chi connectivity index (χ1v) is 10.5. The molecule has 0 saturated heterocycles. The van der Waals surface area contributed by atoms with Crippen molar-refractivity contribution in [1.82, 2.24) is 20.4 Å². The Labute approximate surface area is 210 Å². The molecule has 0 radical (unpaired) electrons. The van der Waals surface area contributed by atoms with Crippen LogP contribution in [0.15, 0.2) is 47.5 Å². The maximum Gasteiger partial charge on any atom is 0.191 e. The number of anilines is 1. The average molecular weight is 561 g/mol. The minimum absolute atomic E-state index is 0. The van der Waals surface area contributed by atoms with Crippen molar-refractivity contribution in [3.05, 3.63) is 76.2 Å². The molecule has 0 aliphatic heterocycles. The quantitative estimate of drug-likeness (QED) is 0.175. The van der Waals surface area contributed by atoms with Gasteiger partial charge in [0.2, 0.25) is 0 Å². The molecule has 33 heavy (non-hydrogen) atoms. The van der Waals surface area contributed by atoms with Crippen LogP contribution in [0.1, 0.15) is 34.4 Å². The molecule has 0 amide bonds. The summed E-state index contributed by atoms with van der Waals surface area (Å²) in [5.74, 6) is 0.626. The number of halogens is 2. The molecule has 0 bridgehead atoms. The van der Waals surface area contributed by atoms with Crippen LogP contribution in [0.4, 0.5) is 10.2 Å². The molecule has 0 fully saturated rings. The van der Waals surface area contributed by atoms with Crippen LogP contribution >= 0.6 is 24.0 Å². The Morgan fingerprint density at radius 2 is 1.91 bits per heavy atom. The summed E-state index contributed by atoms with van der Waals surface area (Å²) in [5.41, 5.74) is 11.4. The highest BCUT2D eigenvalue weighted by Gasteiger charge is 2.16. The molecule has 0 aliphatic carbocycles. The number of rotatable bonds is 7. The number of guanidine groups is 1. The zero-order valence-electron chi connectivity index (χ0n) is 19.0. The Morgan fingerprint density at radius 3 is 2.55 bits per heavy atom. The monoisotopic (exact) mass is 561 g/mol. The summed E-state index contributed by atoms with van der Waals surface area (Å²) in [6.45, 7) is 5.52. The molecule has 3 aromatic rings. The van der Waals surface area contributed by atoms with Crippen LogP contribution in [0.5, 0.6) is 0 Å². The van der Waals surface area contributed by atoms with Crippen LogP contribution in [-0.4, -0.2) is 29.3 Å².